The summed E-state index contributed by atoms with van der Waals surface area (Å²) in [5.41, 5.74) is 0.588. The Morgan fingerprint density at radius 2 is 1.95 bits per heavy atom. The molecule has 0 unspecified atom stereocenters. The number of aliphatic hydroxyl groups excluding tert-OH is 1. The number of hydrogen-bond donors (Lipinski definition) is 2. The predicted molar refractivity (Wildman–Crippen MR) is 86.4 cm³/mol. The molecule has 0 radical (unpaired) electrons. The van der Waals surface area contributed by atoms with Crippen molar-refractivity contribution in [2.75, 3.05) is 6.54 Å². The number of aliphatic hydroxyl groups is 1. The molecular formula is C15H22BrNO3S. The molecule has 0 aliphatic heterocycles. The molecule has 6 heteroatoms. The van der Waals surface area contributed by atoms with Crippen molar-refractivity contribution >= 4 is 26.0 Å². The SMILES string of the molecule is CC1CCC(CNS(=O)(=O)c2cc(CO)ccc2Br)CC1. The van der Waals surface area contributed by atoms with Gasteiger partial charge in [-0.1, -0.05) is 25.8 Å². The zero-order valence-corrected chi connectivity index (χ0v) is 14.6. The molecule has 4 nitrogen and oxygen atoms in total. The van der Waals surface area contributed by atoms with Crippen molar-refractivity contribution in [2.24, 2.45) is 11.8 Å². The molecule has 1 aromatic carbocycles. The van der Waals surface area contributed by atoms with Gasteiger partial charge in [-0.3, -0.25) is 0 Å². The molecule has 1 aromatic rings. The first-order valence-electron chi connectivity index (χ1n) is 7.31. The highest BCUT2D eigenvalue weighted by Gasteiger charge is 2.22. The molecule has 0 heterocycles. The minimum absolute atomic E-state index is 0.170. The highest BCUT2D eigenvalue weighted by molar-refractivity contribution is 9.10. The summed E-state index contributed by atoms with van der Waals surface area (Å²) in [6.45, 7) is 2.57. The Balaban J connectivity index is 2.05. The second-order valence-corrected chi connectivity index (χ2v) is 8.49. The number of hydrogen-bond acceptors (Lipinski definition) is 3. The molecule has 1 aliphatic carbocycles. The Bertz CT molecular complexity index is 581. The second-order valence-electron chi connectivity index (χ2n) is 5.90. The normalized spacial score (nSPS) is 23.2. The van der Waals surface area contributed by atoms with E-state index in [1.807, 2.05) is 0 Å². The van der Waals surface area contributed by atoms with Crippen LogP contribution in [0.5, 0.6) is 0 Å². The summed E-state index contributed by atoms with van der Waals surface area (Å²) in [5, 5.41) is 9.15. The number of benzene rings is 1. The zero-order valence-electron chi connectivity index (χ0n) is 12.2. The topological polar surface area (TPSA) is 66.4 Å². The lowest BCUT2D eigenvalue weighted by Gasteiger charge is -2.26. The third-order valence-corrected chi connectivity index (χ3v) is 6.58. The summed E-state index contributed by atoms with van der Waals surface area (Å²) >= 11 is 3.27. The van der Waals surface area contributed by atoms with E-state index in [0.29, 0.717) is 22.5 Å². The molecule has 1 fully saturated rings. The highest BCUT2D eigenvalue weighted by Crippen LogP contribution is 2.28. The number of rotatable bonds is 5. The van der Waals surface area contributed by atoms with Gasteiger partial charge in [-0.25, -0.2) is 13.1 Å². The van der Waals surface area contributed by atoms with E-state index in [-0.39, 0.29) is 11.5 Å². The van der Waals surface area contributed by atoms with E-state index >= 15 is 0 Å². The maximum Gasteiger partial charge on any atom is 0.241 e. The Kier molecular flexibility index (Phi) is 5.82. The van der Waals surface area contributed by atoms with Gasteiger partial charge in [0.2, 0.25) is 10.0 Å². The first kappa shape index (κ1) is 16.9. The van der Waals surface area contributed by atoms with Gasteiger partial charge in [0.05, 0.1) is 11.5 Å². The summed E-state index contributed by atoms with van der Waals surface area (Å²) in [5.74, 6) is 1.18. The van der Waals surface area contributed by atoms with Gasteiger partial charge >= 0.3 is 0 Å². The molecule has 1 aliphatic rings. The van der Waals surface area contributed by atoms with Crippen molar-refractivity contribution in [3.8, 4) is 0 Å². The maximum absolute atomic E-state index is 12.4. The van der Waals surface area contributed by atoms with Crippen LogP contribution in [0.25, 0.3) is 0 Å². The minimum Gasteiger partial charge on any atom is -0.392 e. The van der Waals surface area contributed by atoms with Crippen molar-refractivity contribution < 1.29 is 13.5 Å². The number of halogens is 1. The van der Waals surface area contributed by atoms with E-state index in [4.69, 9.17) is 5.11 Å². The van der Waals surface area contributed by atoms with E-state index in [1.54, 1.807) is 12.1 Å². The molecule has 2 rings (SSSR count). The summed E-state index contributed by atoms with van der Waals surface area (Å²) in [6.07, 6.45) is 4.52. The third kappa shape index (κ3) is 4.52. The van der Waals surface area contributed by atoms with Crippen LogP contribution in [-0.4, -0.2) is 20.1 Å². The molecule has 118 valence electrons. The average Bonchev–Trinajstić information content (AvgIpc) is 2.47. The lowest BCUT2D eigenvalue weighted by Crippen LogP contribution is -2.31. The molecule has 1 saturated carbocycles. The van der Waals surface area contributed by atoms with Gasteiger partial charge < -0.3 is 5.11 Å². The van der Waals surface area contributed by atoms with Gasteiger partial charge in [0.15, 0.2) is 0 Å². The molecule has 0 bridgehead atoms. The number of sulfonamides is 1. The lowest BCUT2D eigenvalue weighted by atomic mass is 9.83. The highest BCUT2D eigenvalue weighted by atomic mass is 79.9. The van der Waals surface area contributed by atoms with Gasteiger partial charge in [-0.05, 0) is 58.3 Å². The fourth-order valence-electron chi connectivity index (χ4n) is 2.69. The zero-order chi connectivity index (χ0) is 15.5. The first-order chi connectivity index (χ1) is 9.92. The van der Waals surface area contributed by atoms with E-state index in [0.717, 1.165) is 18.8 Å². The van der Waals surface area contributed by atoms with Crippen LogP contribution in [0.4, 0.5) is 0 Å². The molecule has 2 N–H and O–H groups in total. The summed E-state index contributed by atoms with van der Waals surface area (Å²) < 4.78 is 28.0. The van der Waals surface area contributed by atoms with E-state index in [2.05, 4.69) is 27.6 Å². The van der Waals surface area contributed by atoms with E-state index in [1.165, 1.54) is 18.9 Å². The summed E-state index contributed by atoms with van der Waals surface area (Å²) in [6, 6.07) is 4.86. The van der Waals surface area contributed by atoms with Crippen LogP contribution in [0.3, 0.4) is 0 Å². The molecular weight excluding hydrogens is 354 g/mol. The largest absolute Gasteiger partial charge is 0.392 e. The minimum atomic E-state index is -3.54. The van der Waals surface area contributed by atoms with Gasteiger partial charge in [0.1, 0.15) is 0 Å². The molecule has 0 saturated heterocycles. The van der Waals surface area contributed by atoms with E-state index in [9.17, 15) is 8.42 Å². The van der Waals surface area contributed by atoms with E-state index < -0.39 is 10.0 Å². The van der Waals surface area contributed by atoms with Gasteiger partial charge in [-0.2, -0.15) is 0 Å². The van der Waals surface area contributed by atoms with Gasteiger partial charge in [0, 0.05) is 11.0 Å². The van der Waals surface area contributed by atoms with Crippen molar-refractivity contribution in [1.82, 2.24) is 4.72 Å². The monoisotopic (exact) mass is 375 g/mol. The third-order valence-electron chi connectivity index (χ3n) is 4.17. The standard InChI is InChI=1S/C15H22BrNO3S/c1-11-2-4-12(5-3-11)9-17-21(19,20)15-8-13(10-18)6-7-14(15)16/h6-8,11-12,17-18H,2-5,9-10H2,1H3. The van der Waals surface area contributed by atoms with Crippen LogP contribution in [0, 0.1) is 11.8 Å². The fourth-order valence-corrected chi connectivity index (χ4v) is 4.82. The first-order valence-corrected chi connectivity index (χ1v) is 9.59. The van der Waals surface area contributed by atoms with Crippen molar-refractivity contribution in [1.29, 1.82) is 0 Å². The molecule has 21 heavy (non-hydrogen) atoms. The van der Waals surface area contributed by atoms with Gasteiger partial charge in [-0.15, -0.1) is 0 Å². The Hall–Kier alpha value is -0.430. The lowest BCUT2D eigenvalue weighted by molar-refractivity contribution is 0.281. The van der Waals surface area contributed by atoms with Crippen LogP contribution in [0.1, 0.15) is 38.2 Å². The van der Waals surface area contributed by atoms with Crippen LogP contribution in [0.2, 0.25) is 0 Å². The van der Waals surface area contributed by atoms with Crippen molar-refractivity contribution in [3.05, 3.63) is 28.2 Å². The number of nitrogens with one attached hydrogen (secondary N) is 1. The fraction of sp³-hybridized carbons (Fsp3) is 0.600. The quantitative estimate of drug-likeness (QED) is 0.830. The molecule has 0 atom stereocenters. The maximum atomic E-state index is 12.4. The smallest absolute Gasteiger partial charge is 0.241 e. The Morgan fingerprint density at radius 1 is 1.29 bits per heavy atom. The van der Waals surface area contributed by atoms with Crippen LogP contribution in [0.15, 0.2) is 27.6 Å². The van der Waals surface area contributed by atoms with Crippen molar-refractivity contribution in [2.45, 2.75) is 44.1 Å². The van der Waals surface area contributed by atoms with Crippen LogP contribution >= 0.6 is 15.9 Å². The summed E-state index contributed by atoms with van der Waals surface area (Å²) in [7, 11) is -3.54. The molecule has 0 aromatic heterocycles. The van der Waals surface area contributed by atoms with Crippen LogP contribution < -0.4 is 4.72 Å². The summed E-state index contributed by atoms with van der Waals surface area (Å²) in [4.78, 5) is 0.193. The van der Waals surface area contributed by atoms with Crippen LogP contribution in [-0.2, 0) is 16.6 Å². The molecule has 0 spiro atoms. The Labute approximate surface area is 135 Å². The average molecular weight is 376 g/mol. The predicted octanol–water partition coefficient (Wildman–Crippen LogP) is 3.05. The molecule has 0 amide bonds. The van der Waals surface area contributed by atoms with Gasteiger partial charge in [0.25, 0.3) is 0 Å². The second kappa shape index (κ2) is 7.22. The Morgan fingerprint density at radius 3 is 2.57 bits per heavy atom. The van der Waals surface area contributed by atoms with Crippen molar-refractivity contribution in [3.63, 3.8) is 0 Å².